The Morgan fingerprint density at radius 3 is 2.88 bits per heavy atom. The van der Waals surface area contributed by atoms with Crippen molar-refractivity contribution in [3.05, 3.63) is 39.9 Å². The second kappa shape index (κ2) is 4.93. The molecule has 1 fully saturated rings. The van der Waals surface area contributed by atoms with E-state index in [9.17, 15) is 10.1 Å². The van der Waals surface area contributed by atoms with Gasteiger partial charge in [-0.25, -0.2) is 0 Å². The minimum Gasteiger partial charge on any atom is -0.377 e. The van der Waals surface area contributed by atoms with E-state index in [2.05, 4.69) is 15.9 Å². The first-order valence-corrected chi connectivity index (χ1v) is 6.25. The maximum Gasteiger partial charge on any atom is 0.272 e. The number of benzene rings is 1. The number of ether oxygens (including phenoxy) is 1. The van der Waals surface area contributed by atoms with Crippen LogP contribution in [-0.2, 0) is 4.74 Å². The molecule has 1 aromatic carbocycles. The van der Waals surface area contributed by atoms with Gasteiger partial charge in [0.15, 0.2) is 0 Å². The molecular formula is C11H12BrNO3. The molecule has 0 unspecified atom stereocenters. The summed E-state index contributed by atoms with van der Waals surface area (Å²) in [4.78, 5) is 10.6. The Balaban J connectivity index is 2.24. The lowest BCUT2D eigenvalue weighted by Gasteiger charge is -2.08. The van der Waals surface area contributed by atoms with Crippen molar-refractivity contribution >= 4 is 21.6 Å². The quantitative estimate of drug-likeness (QED) is 0.487. The van der Waals surface area contributed by atoms with Crippen molar-refractivity contribution in [2.24, 2.45) is 0 Å². The summed E-state index contributed by atoms with van der Waals surface area (Å²) < 4.78 is 5.53. The second-order valence-corrected chi connectivity index (χ2v) is 4.51. The third-order valence-corrected chi connectivity index (χ3v) is 3.55. The summed E-state index contributed by atoms with van der Waals surface area (Å²) in [6.45, 7) is 0.571. The van der Waals surface area contributed by atoms with Crippen molar-refractivity contribution in [1.29, 1.82) is 0 Å². The molecule has 0 amide bonds. The monoisotopic (exact) mass is 285 g/mol. The first-order chi connectivity index (χ1) is 7.72. The molecule has 0 aliphatic carbocycles. The summed E-state index contributed by atoms with van der Waals surface area (Å²) in [6, 6.07) is 6.91. The Bertz CT molecular complexity index is 397. The third kappa shape index (κ3) is 2.25. The van der Waals surface area contributed by atoms with E-state index in [0.29, 0.717) is 6.61 Å². The first kappa shape index (κ1) is 11.5. The molecule has 0 N–H and O–H groups in total. The number of para-hydroxylation sites is 1. The Hall–Kier alpha value is -0.940. The molecule has 0 saturated carbocycles. The molecule has 1 aliphatic rings. The lowest BCUT2D eigenvalue weighted by atomic mass is 9.95. The van der Waals surface area contributed by atoms with Crippen molar-refractivity contribution in [3.63, 3.8) is 0 Å². The fraction of sp³-hybridized carbons (Fsp3) is 0.455. The number of nitro groups is 1. The van der Waals surface area contributed by atoms with Crippen LogP contribution in [0.4, 0.5) is 5.69 Å². The average molecular weight is 286 g/mol. The van der Waals surface area contributed by atoms with E-state index in [0.717, 1.165) is 17.3 Å². The maximum atomic E-state index is 10.9. The highest BCUT2D eigenvalue weighted by atomic mass is 79.9. The zero-order chi connectivity index (χ0) is 11.5. The number of alkyl halides is 1. The SMILES string of the molecule is O=[N+]([O-])c1ccccc1[C@@H]1CO[C@H](CBr)C1. The molecule has 86 valence electrons. The minimum absolute atomic E-state index is 0.143. The van der Waals surface area contributed by atoms with Gasteiger partial charge in [0.25, 0.3) is 5.69 Å². The molecule has 4 nitrogen and oxygen atoms in total. The van der Waals surface area contributed by atoms with Crippen molar-refractivity contribution < 1.29 is 9.66 Å². The van der Waals surface area contributed by atoms with Gasteiger partial charge >= 0.3 is 0 Å². The summed E-state index contributed by atoms with van der Waals surface area (Å²) in [7, 11) is 0. The van der Waals surface area contributed by atoms with E-state index in [-0.39, 0.29) is 22.6 Å². The van der Waals surface area contributed by atoms with Gasteiger partial charge in [0.1, 0.15) is 0 Å². The van der Waals surface area contributed by atoms with Crippen LogP contribution in [0.5, 0.6) is 0 Å². The van der Waals surface area contributed by atoms with Crippen LogP contribution in [0.25, 0.3) is 0 Å². The fourth-order valence-corrected chi connectivity index (χ4v) is 2.48. The lowest BCUT2D eigenvalue weighted by molar-refractivity contribution is -0.385. The van der Waals surface area contributed by atoms with Crippen LogP contribution in [0.1, 0.15) is 17.9 Å². The standard InChI is InChI=1S/C11H12BrNO3/c12-6-9-5-8(7-16-9)10-3-1-2-4-11(10)13(14)15/h1-4,8-9H,5-7H2/t8-,9-/m0/s1. The molecule has 0 aromatic heterocycles. The van der Waals surface area contributed by atoms with Crippen LogP contribution in [0.2, 0.25) is 0 Å². The Labute approximate surface area is 102 Å². The highest BCUT2D eigenvalue weighted by Gasteiger charge is 2.30. The van der Waals surface area contributed by atoms with E-state index in [1.807, 2.05) is 12.1 Å². The van der Waals surface area contributed by atoms with Gasteiger partial charge < -0.3 is 4.74 Å². The van der Waals surface area contributed by atoms with E-state index < -0.39 is 0 Å². The molecule has 2 atom stereocenters. The molecule has 16 heavy (non-hydrogen) atoms. The van der Waals surface area contributed by atoms with Gasteiger partial charge in [-0.3, -0.25) is 10.1 Å². The van der Waals surface area contributed by atoms with Gasteiger partial charge in [-0.15, -0.1) is 0 Å². The third-order valence-electron chi connectivity index (χ3n) is 2.83. The van der Waals surface area contributed by atoms with Crippen LogP contribution >= 0.6 is 15.9 Å². The molecule has 0 radical (unpaired) electrons. The smallest absolute Gasteiger partial charge is 0.272 e. The zero-order valence-electron chi connectivity index (χ0n) is 8.64. The molecule has 2 rings (SSSR count). The average Bonchev–Trinajstić information content (AvgIpc) is 2.77. The Morgan fingerprint density at radius 1 is 1.50 bits per heavy atom. The van der Waals surface area contributed by atoms with Crippen LogP contribution in [0.15, 0.2) is 24.3 Å². The van der Waals surface area contributed by atoms with Crippen molar-refractivity contribution in [2.75, 3.05) is 11.9 Å². The summed E-state index contributed by atoms with van der Waals surface area (Å²) in [6.07, 6.45) is 1.01. The van der Waals surface area contributed by atoms with Gasteiger partial charge in [-0.05, 0) is 6.42 Å². The van der Waals surface area contributed by atoms with Crippen LogP contribution in [0.3, 0.4) is 0 Å². The molecular weight excluding hydrogens is 274 g/mol. The van der Waals surface area contributed by atoms with E-state index in [1.54, 1.807) is 12.1 Å². The number of hydrogen-bond donors (Lipinski definition) is 0. The van der Waals surface area contributed by atoms with Gasteiger partial charge in [0, 0.05) is 22.9 Å². The largest absolute Gasteiger partial charge is 0.377 e. The summed E-state index contributed by atoms with van der Waals surface area (Å²) in [5.41, 5.74) is 0.988. The highest BCUT2D eigenvalue weighted by molar-refractivity contribution is 9.09. The van der Waals surface area contributed by atoms with E-state index in [4.69, 9.17) is 4.74 Å². The topological polar surface area (TPSA) is 52.4 Å². The molecule has 0 spiro atoms. The van der Waals surface area contributed by atoms with Crippen molar-refractivity contribution in [3.8, 4) is 0 Å². The summed E-state index contributed by atoms with van der Waals surface area (Å²) in [5, 5.41) is 11.7. The maximum absolute atomic E-state index is 10.9. The van der Waals surface area contributed by atoms with Crippen LogP contribution in [-0.4, -0.2) is 23.0 Å². The van der Waals surface area contributed by atoms with Crippen molar-refractivity contribution in [2.45, 2.75) is 18.4 Å². The number of halogens is 1. The second-order valence-electron chi connectivity index (χ2n) is 3.86. The normalized spacial score (nSPS) is 24.6. The predicted octanol–water partition coefficient (Wildman–Crippen LogP) is 2.86. The molecule has 5 heteroatoms. The first-order valence-electron chi connectivity index (χ1n) is 5.13. The molecule has 0 bridgehead atoms. The van der Waals surface area contributed by atoms with E-state index in [1.165, 1.54) is 0 Å². The number of nitro benzene ring substituents is 1. The van der Waals surface area contributed by atoms with Gasteiger partial charge in [-0.2, -0.15) is 0 Å². The highest BCUT2D eigenvalue weighted by Crippen LogP contribution is 2.34. The minimum atomic E-state index is -0.323. The Morgan fingerprint density at radius 2 is 2.25 bits per heavy atom. The summed E-state index contributed by atoms with van der Waals surface area (Å²) in [5.74, 6) is 0.143. The zero-order valence-corrected chi connectivity index (χ0v) is 10.2. The fourth-order valence-electron chi connectivity index (χ4n) is 2.03. The molecule has 1 aliphatic heterocycles. The predicted molar refractivity (Wildman–Crippen MR) is 64.0 cm³/mol. The van der Waals surface area contributed by atoms with Gasteiger partial charge in [0.05, 0.1) is 17.6 Å². The summed E-state index contributed by atoms with van der Waals surface area (Å²) >= 11 is 3.36. The molecule has 1 saturated heterocycles. The number of hydrogen-bond acceptors (Lipinski definition) is 3. The number of rotatable bonds is 3. The number of nitrogens with zero attached hydrogens (tertiary/aromatic N) is 1. The van der Waals surface area contributed by atoms with Gasteiger partial charge in [0.2, 0.25) is 0 Å². The Kier molecular flexibility index (Phi) is 3.56. The lowest BCUT2D eigenvalue weighted by Crippen LogP contribution is -2.05. The van der Waals surface area contributed by atoms with Crippen LogP contribution < -0.4 is 0 Å². The van der Waals surface area contributed by atoms with Crippen molar-refractivity contribution in [1.82, 2.24) is 0 Å². The van der Waals surface area contributed by atoms with Gasteiger partial charge in [-0.1, -0.05) is 34.1 Å². The van der Waals surface area contributed by atoms with E-state index >= 15 is 0 Å². The van der Waals surface area contributed by atoms with Crippen LogP contribution in [0, 0.1) is 10.1 Å². The molecule has 1 heterocycles. The molecule has 1 aromatic rings.